The minimum Gasteiger partial charge on any atom is -0.375 e. The summed E-state index contributed by atoms with van der Waals surface area (Å²) >= 11 is 3.38. The number of hydrogen-bond acceptors (Lipinski definition) is 3. The first-order valence-electron chi connectivity index (χ1n) is 5.70. The average molecular weight is 305 g/mol. The molecule has 0 aliphatic rings. The van der Waals surface area contributed by atoms with Crippen LogP contribution in [0.5, 0.6) is 0 Å². The first-order valence-corrected chi connectivity index (χ1v) is 6.49. The van der Waals surface area contributed by atoms with E-state index in [0.717, 1.165) is 22.4 Å². The van der Waals surface area contributed by atoms with Crippen molar-refractivity contribution >= 4 is 21.6 Å². The lowest BCUT2D eigenvalue weighted by molar-refractivity contribution is 0.704. The van der Waals surface area contributed by atoms with Gasteiger partial charge in [-0.05, 0) is 40.5 Å². The van der Waals surface area contributed by atoms with Gasteiger partial charge in [0.05, 0.1) is 11.6 Å². The molecule has 1 aromatic heterocycles. The Bertz CT molecular complexity index is 557. The molecule has 0 aliphatic carbocycles. The molecule has 1 unspecified atom stereocenters. The smallest absolute Gasteiger partial charge is 0.128 e. The fraction of sp³-hybridized carbons (Fsp3) is 0.231. The number of benzene rings is 1. The Labute approximate surface area is 114 Å². The second kappa shape index (κ2) is 5.69. The van der Waals surface area contributed by atoms with E-state index in [1.165, 1.54) is 0 Å². The normalized spacial score (nSPS) is 11.8. The number of H-pyrrole nitrogens is 1. The highest BCUT2D eigenvalue weighted by Crippen LogP contribution is 2.24. The standard InChI is InChI=1S/C13H13BrN4/c1-2-12(13-16-5-6-17-13)18-10-4-3-9(8-15)11(14)7-10/h3-7,12,18H,2H2,1H3,(H,16,17). The molecule has 0 fully saturated rings. The summed E-state index contributed by atoms with van der Waals surface area (Å²) in [6.07, 6.45) is 4.48. The van der Waals surface area contributed by atoms with Crippen LogP contribution in [0.2, 0.25) is 0 Å². The fourth-order valence-corrected chi connectivity index (χ4v) is 2.20. The van der Waals surface area contributed by atoms with Crippen LogP contribution >= 0.6 is 15.9 Å². The van der Waals surface area contributed by atoms with Crippen LogP contribution in [0.3, 0.4) is 0 Å². The molecule has 1 aromatic carbocycles. The SMILES string of the molecule is CCC(Nc1ccc(C#N)c(Br)c1)c1ncc[nH]1. The molecule has 0 aliphatic heterocycles. The summed E-state index contributed by atoms with van der Waals surface area (Å²) in [4.78, 5) is 7.37. The lowest BCUT2D eigenvalue weighted by atomic mass is 10.1. The summed E-state index contributed by atoms with van der Waals surface area (Å²) in [5, 5.41) is 12.3. The van der Waals surface area contributed by atoms with Crippen LogP contribution in [0.25, 0.3) is 0 Å². The van der Waals surface area contributed by atoms with Gasteiger partial charge in [-0.25, -0.2) is 4.98 Å². The largest absolute Gasteiger partial charge is 0.375 e. The third kappa shape index (κ3) is 2.71. The number of aromatic amines is 1. The fourth-order valence-electron chi connectivity index (χ4n) is 1.73. The van der Waals surface area contributed by atoms with Crippen molar-refractivity contribution in [1.82, 2.24) is 9.97 Å². The lowest BCUT2D eigenvalue weighted by Gasteiger charge is -2.16. The summed E-state index contributed by atoms with van der Waals surface area (Å²) in [5.41, 5.74) is 1.59. The minimum absolute atomic E-state index is 0.139. The molecule has 0 amide bonds. The van der Waals surface area contributed by atoms with Gasteiger partial charge in [0.25, 0.3) is 0 Å². The number of rotatable bonds is 4. The number of nitrogens with zero attached hydrogens (tertiary/aromatic N) is 2. The van der Waals surface area contributed by atoms with Gasteiger partial charge in [0.2, 0.25) is 0 Å². The lowest BCUT2D eigenvalue weighted by Crippen LogP contribution is -2.11. The van der Waals surface area contributed by atoms with Crippen molar-refractivity contribution in [2.45, 2.75) is 19.4 Å². The Morgan fingerprint density at radius 2 is 2.39 bits per heavy atom. The van der Waals surface area contributed by atoms with Crippen molar-refractivity contribution in [1.29, 1.82) is 5.26 Å². The average Bonchev–Trinajstić information content (AvgIpc) is 2.90. The molecule has 0 saturated carbocycles. The number of nitriles is 1. The summed E-state index contributed by atoms with van der Waals surface area (Å²) < 4.78 is 0.796. The summed E-state index contributed by atoms with van der Waals surface area (Å²) in [5.74, 6) is 0.915. The van der Waals surface area contributed by atoms with Crippen LogP contribution in [0.1, 0.15) is 30.8 Å². The third-order valence-electron chi connectivity index (χ3n) is 2.69. The van der Waals surface area contributed by atoms with Gasteiger partial charge in [0.1, 0.15) is 11.9 Å². The van der Waals surface area contributed by atoms with Crippen LogP contribution in [0, 0.1) is 11.3 Å². The Kier molecular flexibility index (Phi) is 4.00. The zero-order valence-corrected chi connectivity index (χ0v) is 11.5. The zero-order valence-electron chi connectivity index (χ0n) is 9.94. The molecule has 0 bridgehead atoms. The second-order valence-corrected chi connectivity index (χ2v) is 4.74. The molecule has 2 N–H and O–H groups in total. The van der Waals surface area contributed by atoms with Gasteiger partial charge in [0.15, 0.2) is 0 Å². The third-order valence-corrected chi connectivity index (χ3v) is 3.34. The number of aromatic nitrogens is 2. The monoisotopic (exact) mass is 304 g/mol. The molecule has 92 valence electrons. The van der Waals surface area contributed by atoms with Crippen molar-refractivity contribution in [3.05, 3.63) is 46.5 Å². The summed E-state index contributed by atoms with van der Waals surface area (Å²) in [7, 11) is 0. The predicted octanol–water partition coefficient (Wildman–Crippen LogP) is 3.61. The predicted molar refractivity (Wildman–Crippen MR) is 74.1 cm³/mol. The van der Waals surface area contributed by atoms with Crippen molar-refractivity contribution in [2.75, 3.05) is 5.32 Å². The Morgan fingerprint density at radius 3 is 2.94 bits per heavy atom. The van der Waals surface area contributed by atoms with E-state index in [1.54, 1.807) is 12.3 Å². The van der Waals surface area contributed by atoms with Crippen LogP contribution in [-0.4, -0.2) is 9.97 Å². The van der Waals surface area contributed by atoms with Gasteiger partial charge in [-0.1, -0.05) is 6.92 Å². The van der Waals surface area contributed by atoms with E-state index >= 15 is 0 Å². The molecule has 1 heterocycles. The van der Waals surface area contributed by atoms with Gasteiger partial charge >= 0.3 is 0 Å². The van der Waals surface area contributed by atoms with E-state index in [1.807, 2.05) is 18.3 Å². The zero-order chi connectivity index (χ0) is 13.0. The van der Waals surface area contributed by atoms with Crippen molar-refractivity contribution in [3.8, 4) is 6.07 Å². The Morgan fingerprint density at radius 1 is 1.56 bits per heavy atom. The molecule has 2 aromatic rings. The van der Waals surface area contributed by atoms with E-state index < -0.39 is 0 Å². The maximum atomic E-state index is 8.87. The number of imidazole rings is 1. The molecule has 0 saturated heterocycles. The van der Waals surface area contributed by atoms with E-state index in [4.69, 9.17) is 5.26 Å². The first kappa shape index (κ1) is 12.7. The van der Waals surface area contributed by atoms with E-state index in [2.05, 4.69) is 44.2 Å². The Balaban J connectivity index is 2.18. The van der Waals surface area contributed by atoms with Crippen LogP contribution in [0.4, 0.5) is 5.69 Å². The minimum atomic E-state index is 0.139. The number of nitrogens with one attached hydrogen (secondary N) is 2. The van der Waals surface area contributed by atoms with E-state index in [0.29, 0.717) is 5.56 Å². The maximum Gasteiger partial charge on any atom is 0.128 e. The number of halogens is 1. The highest BCUT2D eigenvalue weighted by molar-refractivity contribution is 9.10. The molecule has 2 rings (SSSR count). The summed E-state index contributed by atoms with van der Waals surface area (Å²) in [6, 6.07) is 7.86. The molecular weight excluding hydrogens is 292 g/mol. The molecular formula is C13H13BrN4. The van der Waals surface area contributed by atoms with E-state index in [-0.39, 0.29) is 6.04 Å². The molecule has 5 heteroatoms. The van der Waals surface area contributed by atoms with Gasteiger partial charge in [-0.15, -0.1) is 0 Å². The van der Waals surface area contributed by atoms with Gasteiger partial charge in [-0.2, -0.15) is 5.26 Å². The second-order valence-electron chi connectivity index (χ2n) is 3.89. The van der Waals surface area contributed by atoms with E-state index in [9.17, 15) is 0 Å². The highest BCUT2D eigenvalue weighted by Gasteiger charge is 2.11. The maximum absolute atomic E-state index is 8.87. The quantitative estimate of drug-likeness (QED) is 0.907. The molecule has 1 atom stereocenters. The van der Waals surface area contributed by atoms with Crippen molar-refractivity contribution in [2.24, 2.45) is 0 Å². The van der Waals surface area contributed by atoms with Crippen LogP contribution in [-0.2, 0) is 0 Å². The molecule has 0 radical (unpaired) electrons. The van der Waals surface area contributed by atoms with Gasteiger partial charge in [0, 0.05) is 22.6 Å². The van der Waals surface area contributed by atoms with Crippen molar-refractivity contribution < 1.29 is 0 Å². The van der Waals surface area contributed by atoms with Gasteiger partial charge < -0.3 is 10.3 Å². The van der Waals surface area contributed by atoms with Crippen LogP contribution in [0.15, 0.2) is 35.1 Å². The van der Waals surface area contributed by atoms with Gasteiger partial charge in [-0.3, -0.25) is 0 Å². The molecule has 4 nitrogen and oxygen atoms in total. The van der Waals surface area contributed by atoms with Crippen LogP contribution < -0.4 is 5.32 Å². The topological polar surface area (TPSA) is 64.5 Å². The first-order chi connectivity index (χ1) is 8.74. The molecule has 18 heavy (non-hydrogen) atoms. The number of anilines is 1. The summed E-state index contributed by atoms with van der Waals surface area (Å²) in [6.45, 7) is 2.10. The number of hydrogen-bond donors (Lipinski definition) is 2. The Hall–Kier alpha value is -1.80. The van der Waals surface area contributed by atoms with Crippen molar-refractivity contribution in [3.63, 3.8) is 0 Å². The molecule has 0 spiro atoms. The highest BCUT2D eigenvalue weighted by atomic mass is 79.9.